The molecule has 0 saturated carbocycles. The summed E-state index contributed by atoms with van der Waals surface area (Å²) in [5.74, 6) is -0.214. The van der Waals surface area contributed by atoms with E-state index in [1.807, 2.05) is 13.8 Å². The monoisotopic (exact) mass is 278 g/mol. The normalized spacial score (nSPS) is 12.1. The maximum atomic E-state index is 12.1. The first-order valence-corrected chi connectivity index (χ1v) is 6.57. The Labute approximate surface area is 119 Å². The van der Waals surface area contributed by atoms with Crippen molar-refractivity contribution >= 4 is 11.6 Å². The van der Waals surface area contributed by atoms with Gasteiger partial charge in [-0.2, -0.15) is 0 Å². The molecule has 0 saturated heterocycles. The first-order valence-electron chi connectivity index (χ1n) is 6.57. The number of benzene rings is 1. The number of hydrogen-bond acceptors (Lipinski definition) is 3. The van der Waals surface area contributed by atoms with E-state index in [0.29, 0.717) is 5.56 Å². The summed E-state index contributed by atoms with van der Waals surface area (Å²) in [6.45, 7) is 10.3. The fourth-order valence-corrected chi connectivity index (χ4v) is 2.48. The number of nitro groups is 1. The molecule has 1 aromatic carbocycles. The average molecular weight is 278 g/mol. The zero-order valence-electron chi connectivity index (χ0n) is 12.7. The summed E-state index contributed by atoms with van der Waals surface area (Å²) in [5, 5.41) is 13.5. The van der Waals surface area contributed by atoms with E-state index in [-0.39, 0.29) is 22.5 Å². The predicted octanol–water partition coefficient (Wildman–Crippen LogP) is 3.54. The highest BCUT2D eigenvalue weighted by Crippen LogP contribution is 2.27. The van der Waals surface area contributed by atoms with Crippen LogP contribution in [0.1, 0.15) is 51.4 Å². The van der Waals surface area contributed by atoms with Crippen LogP contribution >= 0.6 is 0 Å². The van der Waals surface area contributed by atoms with Crippen LogP contribution < -0.4 is 5.32 Å². The summed E-state index contributed by atoms with van der Waals surface area (Å²) in [7, 11) is 0. The molecular weight excluding hydrogens is 256 g/mol. The molecule has 0 bridgehead atoms. The standard InChI is InChI=1S/C15H22N2O3/c1-14(2,3)10-15(4,5)16-13(18)11-6-8-12(9-7-11)17(19)20/h6-9H,10H2,1-5H3,(H,16,18). The number of nitro benzene ring substituents is 1. The smallest absolute Gasteiger partial charge is 0.269 e. The molecule has 0 heterocycles. The number of non-ortho nitro benzene ring substituents is 1. The minimum Gasteiger partial charge on any atom is -0.347 e. The zero-order chi connectivity index (χ0) is 15.6. The van der Waals surface area contributed by atoms with E-state index in [9.17, 15) is 14.9 Å². The third-order valence-corrected chi connectivity index (χ3v) is 2.76. The Morgan fingerprint density at radius 2 is 1.65 bits per heavy atom. The van der Waals surface area contributed by atoms with Gasteiger partial charge in [0, 0.05) is 23.2 Å². The summed E-state index contributed by atoms with van der Waals surface area (Å²) in [6.07, 6.45) is 0.832. The van der Waals surface area contributed by atoms with Crippen molar-refractivity contribution in [3.8, 4) is 0 Å². The minimum absolute atomic E-state index is 0.0181. The van der Waals surface area contributed by atoms with Crippen LogP contribution in [-0.4, -0.2) is 16.4 Å². The molecule has 0 radical (unpaired) electrons. The van der Waals surface area contributed by atoms with Crippen LogP contribution in [0.2, 0.25) is 0 Å². The predicted molar refractivity (Wildman–Crippen MR) is 78.7 cm³/mol. The van der Waals surface area contributed by atoms with E-state index in [2.05, 4.69) is 26.1 Å². The van der Waals surface area contributed by atoms with Gasteiger partial charge in [-0.3, -0.25) is 14.9 Å². The summed E-state index contributed by atoms with van der Waals surface area (Å²) < 4.78 is 0. The largest absolute Gasteiger partial charge is 0.347 e. The van der Waals surface area contributed by atoms with Crippen LogP contribution in [0.3, 0.4) is 0 Å². The average Bonchev–Trinajstić information content (AvgIpc) is 2.24. The third kappa shape index (κ3) is 4.99. The van der Waals surface area contributed by atoms with Crippen molar-refractivity contribution in [3.63, 3.8) is 0 Å². The fraction of sp³-hybridized carbons (Fsp3) is 0.533. The molecule has 0 aliphatic heterocycles. The second-order valence-electron chi connectivity index (χ2n) is 6.88. The van der Waals surface area contributed by atoms with Crippen molar-refractivity contribution in [1.82, 2.24) is 5.32 Å². The highest BCUT2D eigenvalue weighted by atomic mass is 16.6. The zero-order valence-corrected chi connectivity index (χ0v) is 12.7. The molecule has 0 aliphatic carbocycles. The quantitative estimate of drug-likeness (QED) is 0.676. The highest BCUT2D eigenvalue weighted by Gasteiger charge is 2.27. The number of amides is 1. The molecule has 0 fully saturated rings. The van der Waals surface area contributed by atoms with Crippen LogP contribution in [0.25, 0.3) is 0 Å². The second kappa shape index (κ2) is 5.61. The molecule has 20 heavy (non-hydrogen) atoms. The number of nitrogens with zero attached hydrogens (tertiary/aromatic N) is 1. The van der Waals surface area contributed by atoms with E-state index in [1.54, 1.807) is 0 Å². The lowest BCUT2D eigenvalue weighted by molar-refractivity contribution is -0.384. The van der Waals surface area contributed by atoms with Gasteiger partial charge >= 0.3 is 0 Å². The number of carbonyl (C=O) groups is 1. The molecule has 0 atom stereocenters. The van der Waals surface area contributed by atoms with E-state index in [0.717, 1.165) is 6.42 Å². The first kappa shape index (κ1) is 16.1. The Bertz CT molecular complexity index is 499. The minimum atomic E-state index is -0.481. The number of hydrogen-bond donors (Lipinski definition) is 1. The van der Waals surface area contributed by atoms with Crippen molar-refractivity contribution in [2.45, 2.75) is 46.6 Å². The Morgan fingerprint density at radius 1 is 1.15 bits per heavy atom. The molecule has 5 heteroatoms. The van der Waals surface area contributed by atoms with Crippen molar-refractivity contribution < 1.29 is 9.72 Å². The van der Waals surface area contributed by atoms with E-state index in [1.165, 1.54) is 24.3 Å². The van der Waals surface area contributed by atoms with Crippen LogP contribution in [0.15, 0.2) is 24.3 Å². The third-order valence-electron chi connectivity index (χ3n) is 2.76. The van der Waals surface area contributed by atoms with E-state index < -0.39 is 4.92 Å². The van der Waals surface area contributed by atoms with Crippen molar-refractivity contribution in [2.75, 3.05) is 0 Å². The van der Waals surface area contributed by atoms with Gasteiger partial charge in [-0.1, -0.05) is 20.8 Å². The fourth-order valence-electron chi connectivity index (χ4n) is 2.48. The molecule has 0 spiro atoms. The van der Waals surface area contributed by atoms with Crippen molar-refractivity contribution in [3.05, 3.63) is 39.9 Å². The molecule has 0 aliphatic rings. The van der Waals surface area contributed by atoms with Gasteiger partial charge in [0.2, 0.25) is 0 Å². The second-order valence-corrected chi connectivity index (χ2v) is 6.88. The van der Waals surface area contributed by atoms with E-state index in [4.69, 9.17) is 0 Å². The maximum Gasteiger partial charge on any atom is 0.269 e. The maximum absolute atomic E-state index is 12.1. The summed E-state index contributed by atoms with van der Waals surface area (Å²) >= 11 is 0. The molecule has 0 aromatic heterocycles. The number of rotatable bonds is 4. The molecule has 0 unspecified atom stereocenters. The van der Waals surface area contributed by atoms with Gasteiger partial charge in [-0.15, -0.1) is 0 Å². The van der Waals surface area contributed by atoms with Gasteiger partial charge in [0.15, 0.2) is 0 Å². The number of carbonyl (C=O) groups excluding carboxylic acids is 1. The lowest BCUT2D eigenvalue weighted by Gasteiger charge is -2.33. The molecule has 110 valence electrons. The van der Waals surface area contributed by atoms with Crippen LogP contribution in [0, 0.1) is 15.5 Å². The Kier molecular flexibility index (Phi) is 4.53. The van der Waals surface area contributed by atoms with Crippen LogP contribution in [0.4, 0.5) is 5.69 Å². The van der Waals surface area contributed by atoms with Crippen LogP contribution in [-0.2, 0) is 0 Å². The lowest BCUT2D eigenvalue weighted by Crippen LogP contribution is -2.45. The Morgan fingerprint density at radius 3 is 2.05 bits per heavy atom. The van der Waals surface area contributed by atoms with E-state index >= 15 is 0 Å². The summed E-state index contributed by atoms with van der Waals surface area (Å²) in [5.41, 5.74) is 0.177. The van der Waals surface area contributed by atoms with Gasteiger partial charge in [-0.05, 0) is 37.8 Å². The van der Waals surface area contributed by atoms with Gasteiger partial charge in [-0.25, -0.2) is 0 Å². The topological polar surface area (TPSA) is 72.2 Å². The molecule has 1 rings (SSSR count). The van der Waals surface area contributed by atoms with Gasteiger partial charge in [0.1, 0.15) is 0 Å². The summed E-state index contributed by atoms with van der Waals surface area (Å²) in [6, 6.07) is 5.62. The van der Waals surface area contributed by atoms with Gasteiger partial charge in [0.05, 0.1) is 4.92 Å². The molecule has 1 aromatic rings. The van der Waals surface area contributed by atoms with Gasteiger partial charge < -0.3 is 5.32 Å². The van der Waals surface area contributed by atoms with Crippen molar-refractivity contribution in [2.24, 2.45) is 5.41 Å². The first-order chi connectivity index (χ1) is 9.00. The Hall–Kier alpha value is -1.91. The van der Waals surface area contributed by atoms with Crippen LogP contribution in [0.5, 0.6) is 0 Å². The SMILES string of the molecule is CC(C)(C)CC(C)(C)NC(=O)c1ccc([N+](=O)[O-])cc1. The van der Waals surface area contributed by atoms with Crippen molar-refractivity contribution in [1.29, 1.82) is 0 Å². The van der Waals surface area contributed by atoms with Gasteiger partial charge in [0.25, 0.3) is 11.6 Å². The molecule has 5 nitrogen and oxygen atoms in total. The molecule has 1 amide bonds. The molecule has 1 N–H and O–H groups in total. The number of nitrogens with one attached hydrogen (secondary N) is 1. The summed E-state index contributed by atoms with van der Waals surface area (Å²) in [4.78, 5) is 22.2. The molecular formula is C15H22N2O3. The highest BCUT2D eigenvalue weighted by molar-refractivity contribution is 5.94. The lowest BCUT2D eigenvalue weighted by atomic mass is 9.81. The Balaban J connectivity index is 2.78.